The Labute approximate surface area is 195 Å². The number of para-hydroxylation sites is 1. The van der Waals surface area contributed by atoms with Crippen molar-refractivity contribution in [2.24, 2.45) is 0 Å². The molecule has 0 N–H and O–H groups in total. The van der Waals surface area contributed by atoms with Crippen molar-refractivity contribution in [2.45, 2.75) is 45.1 Å². The number of ether oxygens (including phenoxy) is 2. The van der Waals surface area contributed by atoms with Gasteiger partial charge in [-0.3, -0.25) is 0 Å². The monoisotopic (exact) mass is 451 g/mol. The van der Waals surface area contributed by atoms with E-state index in [-0.39, 0.29) is 12.0 Å². The maximum absolute atomic E-state index is 12.7. The summed E-state index contributed by atoms with van der Waals surface area (Å²) in [4.78, 5) is 29.1. The molecule has 1 aromatic carbocycles. The molecule has 2 fully saturated rings. The zero-order valence-corrected chi connectivity index (χ0v) is 19.8. The zero-order valence-electron chi connectivity index (χ0n) is 19.8. The molecule has 2 aromatic rings. The van der Waals surface area contributed by atoms with Crippen LogP contribution in [0.5, 0.6) is 0 Å². The number of carbonyl (C=O) groups excluding carboxylic acids is 1. The van der Waals surface area contributed by atoms with Gasteiger partial charge in [0, 0.05) is 49.9 Å². The Morgan fingerprint density at radius 2 is 1.82 bits per heavy atom. The Morgan fingerprint density at radius 1 is 1.06 bits per heavy atom. The van der Waals surface area contributed by atoms with Crippen molar-refractivity contribution in [1.29, 1.82) is 0 Å². The topological polar surface area (TPSA) is 71.0 Å². The van der Waals surface area contributed by atoms with Crippen LogP contribution >= 0.6 is 0 Å². The number of hydrogen-bond donors (Lipinski definition) is 0. The molecule has 1 amide bonds. The molecule has 3 aliphatic rings. The molecule has 0 spiro atoms. The zero-order chi connectivity index (χ0) is 23.0. The van der Waals surface area contributed by atoms with E-state index in [0.717, 1.165) is 55.6 Å². The predicted molar refractivity (Wildman–Crippen MR) is 127 cm³/mol. The number of rotatable bonds is 3. The van der Waals surface area contributed by atoms with Gasteiger partial charge in [0.05, 0.1) is 18.9 Å². The third-order valence-electron chi connectivity index (χ3n) is 6.43. The van der Waals surface area contributed by atoms with Crippen molar-refractivity contribution < 1.29 is 14.3 Å². The number of anilines is 3. The number of hydrogen-bond acceptors (Lipinski definition) is 7. The molecule has 176 valence electrons. The first-order chi connectivity index (χ1) is 15.9. The first kappa shape index (κ1) is 21.9. The molecule has 5 rings (SSSR count). The number of morpholine rings is 1. The van der Waals surface area contributed by atoms with E-state index in [1.807, 2.05) is 31.7 Å². The van der Waals surface area contributed by atoms with E-state index in [9.17, 15) is 4.79 Å². The van der Waals surface area contributed by atoms with Crippen LogP contribution in [0.25, 0.3) is 0 Å². The lowest BCUT2D eigenvalue weighted by Crippen LogP contribution is -2.38. The summed E-state index contributed by atoms with van der Waals surface area (Å²) < 4.78 is 11.2. The van der Waals surface area contributed by atoms with E-state index < -0.39 is 5.60 Å². The second-order valence-electron chi connectivity index (χ2n) is 9.96. The Balaban J connectivity index is 1.47. The van der Waals surface area contributed by atoms with Crippen molar-refractivity contribution in [3.63, 3.8) is 0 Å². The fourth-order valence-electron chi connectivity index (χ4n) is 4.85. The van der Waals surface area contributed by atoms with Gasteiger partial charge in [0.2, 0.25) is 5.95 Å². The van der Waals surface area contributed by atoms with Gasteiger partial charge in [-0.05, 0) is 45.7 Å². The molecule has 8 nitrogen and oxygen atoms in total. The number of carbonyl (C=O) groups is 1. The lowest BCUT2D eigenvalue weighted by atomic mass is 9.99. The Morgan fingerprint density at radius 3 is 2.55 bits per heavy atom. The van der Waals surface area contributed by atoms with Gasteiger partial charge >= 0.3 is 6.09 Å². The maximum atomic E-state index is 12.7. The fourth-order valence-corrected chi connectivity index (χ4v) is 4.85. The van der Waals surface area contributed by atoms with Crippen molar-refractivity contribution in [1.82, 2.24) is 14.9 Å². The highest BCUT2D eigenvalue weighted by atomic mass is 16.6. The average Bonchev–Trinajstić information content (AvgIpc) is 3.46. The molecule has 33 heavy (non-hydrogen) atoms. The van der Waals surface area contributed by atoms with Crippen molar-refractivity contribution in [2.75, 3.05) is 55.7 Å². The molecule has 0 radical (unpaired) electrons. The SMILES string of the molecule is CC(C)(C)OC(=O)N1CCC(c2nc(N3CCOCC3)nc3c2CCN3c2ccccc2)C1. The van der Waals surface area contributed by atoms with Crippen LogP contribution < -0.4 is 9.80 Å². The first-order valence-electron chi connectivity index (χ1n) is 11.9. The van der Waals surface area contributed by atoms with E-state index in [4.69, 9.17) is 19.4 Å². The molecule has 3 aliphatic heterocycles. The van der Waals surface area contributed by atoms with Crippen molar-refractivity contribution in [3.8, 4) is 0 Å². The molecule has 0 bridgehead atoms. The number of amides is 1. The van der Waals surface area contributed by atoms with Gasteiger partial charge in [-0.2, -0.15) is 4.98 Å². The minimum atomic E-state index is -0.495. The van der Waals surface area contributed by atoms with E-state index in [1.54, 1.807) is 0 Å². The van der Waals surface area contributed by atoms with Gasteiger partial charge in [-0.1, -0.05) is 18.2 Å². The van der Waals surface area contributed by atoms with Gasteiger partial charge in [-0.25, -0.2) is 9.78 Å². The fraction of sp³-hybridized carbons (Fsp3) is 0.560. The van der Waals surface area contributed by atoms with E-state index in [2.05, 4.69) is 34.1 Å². The summed E-state index contributed by atoms with van der Waals surface area (Å²) in [6.07, 6.45) is 1.55. The normalized spacial score (nSPS) is 20.8. The number of nitrogens with zero attached hydrogens (tertiary/aromatic N) is 5. The molecule has 0 aliphatic carbocycles. The lowest BCUT2D eigenvalue weighted by molar-refractivity contribution is 0.0292. The summed E-state index contributed by atoms with van der Waals surface area (Å²) in [5, 5.41) is 0. The summed E-state index contributed by atoms with van der Waals surface area (Å²) in [7, 11) is 0. The lowest BCUT2D eigenvalue weighted by Gasteiger charge is -2.29. The van der Waals surface area contributed by atoms with Gasteiger partial charge < -0.3 is 24.2 Å². The van der Waals surface area contributed by atoms with Crippen LogP contribution in [0, 0.1) is 0 Å². The summed E-state index contributed by atoms with van der Waals surface area (Å²) in [6.45, 7) is 10.9. The summed E-state index contributed by atoms with van der Waals surface area (Å²) in [5.74, 6) is 1.96. The molecule has 4 heterocycles. The van der Waals surface area contributed by atoms with Gasteiger partial charge in [0.1, 0.15) is 11.4 Å². The van der Waals surface area contributed by atoms with Crippen LogP contribution in [-0.4, -0.2) is 72.5 Å². The molecule has 1 atom stereocenters. The number of fused-ring (bicyclic) bond motifs is 1. The van der Waals surface area contributed by atoms with Gasteiger partial charge in [0.15, 0.2) is 0 Å². The van der Waals surface area contributed by atoms with E-state index >= 15 is 0 Å². The van der Waals surface area contributed by atoms with Crippen LogP contribution in [-0.2, 0) is 15.9 Å². The summed E-state index contributed by atoms with van der Waals surface area (Å²) in [5.41, 5.74) is 2.96. The third kappa shape index (κ3) is 4.62. The van der Waals surface area contributed by atoms with Gasteiger partial charge in [0.25, 0.3) is 0 Å². The third-order valence-corrected chi connectivity index (χ3v) is 6.43. The quantitative estimate of drug-likeness (QED) is 0.704. The minimum Gasteiger partial charge on any atom is -0.444 e. The number of likely N-dealkylation sites (tertiary alicyclic amines) is 1. The number of aromatic nitrogens is 2. The molecule has 8 heteroatoms. The smallest absolute Gasteiger partial charge is 0.410 e. The first-order valence-corrected chi connectivity index (χ1v) is 11.9. The van der Waals surface area contributed by atoms with Crippen molar-refractivity contribution in [3.05, 3.63) is 41.6 Å². The Hall–Kier alpha value is -2.87. The average molecular weight is 452 g/mol. The Kier molecular flexibility index (Phi) is 5.86. The molecular formula is C25H33N5O3. The molecule has 0 saturated carbocycles. The van der Waals surface area contributed by atoms with Crippen LogP contribution in [0.3, 0.4) is 0 Å². The standard InChI is InChI=1S/C25H33N5O3/c1-25(2,3)33-24(31)29-11-9-18(17-29)21-20-10-12-30(19-7-5-4-6-8-19)22(20)27-23(26-21)28-13-15-32-16-14-28/h4-8,18H,9-17H2,1-3H3. The van der Waals surface area contributed by atoms with Gasteiger partial charge in [-0.15, -0.1) is 0 Å². The summed E-state index contributed by atoms with van der Waals surface area (Å²) in [6, 6.07) is 10.4. The second-order valence-corrected chi connectivity index (χ2v) is 9.96. The summed E-state index contributed by atoms with van der Waals surface area (Å²) >= 11 is 0. The highest BCUT2D eigenvalue weighted by Crippen LogP contribution is 2.40. The highest BCUT2D eigenvalue weighted by Gasteiger charge is 2.36. The minimum absolute atomic E-state index is 0.185. The largest absolute Gasteiger partial charge is 0.444 e. The predicted octanol–water partition coefficient (Wildman–Crippen LogP) is 3.73. The Bertz CT molecular complexity index is 1000. The van der Waals surface area contributed by atoms with Crippen LogP contribution in [0.15, 0.2) is 30.3 Å². The molecule has 1 aromatic heterocycles. The van der Waals surface area contributed by atoms with E-state index in [1.165, 1.54) is 5.56 Å². The number of benzene rings is 1. The molecule has 1 unspecified atom stereocenters. The second kappa shape index (κ2) is 8.82. The van der Waals surface area contributed by atoms with E-state index in [0.29, 0.717) is 26.3 Å². The van der Waals surface area contributed by atoms with Crippen LogP contribution in [0.4, 0.5) is 22.2 Å². The van der Waals surface area contributed by atoms with Crippen LogP contribution in [0.2, 0.25) is 0 Å². The highest BCUT2D eigenvalue weighted by molar-refractivity contribution is 5.70. The van der Waals surface area contributed by atoms with Crippen molar-refractivity contribution >= 4 is 23.5 Å². The molecule has 2 saturated heterocycles. The van der Waals surface area contributed by atoms with Crippen LogP contribution in [0.1, 0.15) is 44.4 Å². The molecular weight excluding hydrogens is 418 g/mol. The maximum Gasteiger partial charge on any atom is 0.410 e.